The molecule has 3 N–H and O–H groups in total. The SMILES string of the molecule is Cc1csc(NC(=O)c2cccc(CSCCCO)c2)c1C(=O)NN=Cc1cccc(F)c1. The number of aliphatic hydroxyl groups excluding tert-OH is 1. The number of aryl methyl sites for hydroxylation is 1. The largest absolute Gasteiger partial charge is 0.396 e. The number of carbonyl (C=O) groups excluding carboxylic acids is 2. The molecule has 0 radical (unpaired) electrons. The van der Waals surface area contributed by atoms with Gasteiger partial charge in [-0.25, -0.2) is 9.82 Å². The van der Waals surface area contributed by atoms with Crippen LogP contribution in [-0.4, -0.2) is 35.5 Å². The van der Waals surface area contributed by atoms with E-state index in [0.717, 1.165) is 23.5 Å². The van der Waals surface area contributed by atoms with Crippen molar-refractivity contribution in [2.45, 2.75) is 19.1 Å². The first-order valence-electron chi connectivity index (χ1n) is 10.2. The number of thiophene rings is 1. The highest BCUT2D eigenvalue weighted by Gasteiger charge is 2.19. The Bertz CT molecular complexity index is 1150. The van der Waals surface area contributed by atoms with Gasteiger partial charge in [0.1, 0.15) is 10.8 Å². The van der Waals surface area contributed by atoms with E-state index >= 15 is 0 Å². The quantitative estimate of drug-likeness (QED) is 0.218. The standard InChI is InChI=1S/C24H24FN3O3S2/c1-16-14-33-24(21(16)23(31)28-26-13-17-5-3-8-20(25)12-17)27-22(30)19-7-2-6-18(11-19)15-32-10-4-9-29/h2-3,5-8,11-14,29H,4,9-10,15H2,1H3,(H,27,30)(H,28,31). The monoisotopic (exact) mass is 485 g/mol. The molecule has 172 valence electrons. The number of hydrazone groups is 1. The van der Waals surface area contributed by atoms with Crippen LogP contribution in [0.5, 0.6) is 0 Å². The first kappa shape index (κ1) is 24.6. The van der Waals surface area contributed by atoms with Gasteiger partial charge in [0.2, 0.25) is 0 Å². The van der Waals surface area contributed by atoms with E-state index in [1.165, 1.54) is 29.7 Å². The minimum Gasteiger partial charge on any atom is -0.396 e. The second-order valence-corrected chi connectivity index (χ2v) is 9.15. The Hall–Kier alpha value is -3.01. The highest BCUT2D eigenvalue weighted by molar-refractivity contribution is 7.98. The topological polar surface area (TPSA) is 90.8 Å². The molecule has 0 aliphatic heterocycles. The molecule has 1 heterocycles. The highest BCUT2D eigenvalue weighted by Crippen LogP contribution is 2.28. The number of amides is 2. The van der Waals surface area contributed by atoms with Gasteiger partial charge in [0.15, 0.2) is 0 Å². The second-order valence-electron chi connectivity index (χ2n) is 7.16. The van der Waals surface area contributed by atoms with Crippen LogP contribution in [-0.2, 0) is 5.75 Å². The molecule has 3 rings (SSSR count). The van der Waals surface area contributed by atoms with Crippen molar-refractivity contribution in [1.82, 2.24) is 5.43 Å². The molecule has 0 unspecified atom stereocenters. The van der Waals surface area contributed by atoms with E-state index in [9.17, 15) is 14.0 Å². The number of benzene rings is 2. The minimum absolute atomic E-state index is 0.168. The molecule has 3 aromatic rings. The van der Waals surface area contributed by atoms with Crippen molar-refractivity contribution in [2.24, 2.45) is 5.10 Å². The van der Waals surface area contributed by atoms with Gasteiger partial charge in [-0.1, -0.05) is 24.3 Å². The zero-order chi connectivity index (χ0) is 23.6. The molecule has 0 spiro atoms. The van der Waals surface area contributed by atoms with Gasteiger partial charge in [-0.3, -0.25) is 9.59 Å². The van der Waals surface area contributed by atoms with E-state index in [-0.39, 0.29) is 12.5 Å². The number of hydrogen-bond donors (Lipinski definition) is 3. The Morgan fingerprint density at radius 1 is 1.18 bits per heavy atom. The molecule has 0 aliphatic carbocycles. The maximum atomic E-state index is 13.3. The lowest BCUT2D eigenvalue weighted by Crippen LogP contribution is -2.21. The van der Waals surface area contributed by atoms with Gasteiger partial charge in [-0.15, -0.1) is 11.3 Å². The molecule has 0 aliphatic rings. The third kappa shape index (κ3) is 7.24. The van der Waals surface area contributed by atoms with Crippen LogP contribution in [0.25, 0.3) is 0 Å². The molecule has 0 saturated heterocycles. The molecule has 2 aromatic carbocycles. The number of anilines is 1. The first-order valence-corrected chi connectivity index (χ1v) is 12.3. The van der Waals surface area contributed by atoms with Crippen LogP contribution in [0.15, 0.2) is 59.0 Å². The van der Waals surface area contributed by atoms with Gasteiger partial charge in [-0.05, 0) is 65.4 Å². The lowest BCUT2D eigenvalue weighted by Gasteiger charge is -2.08. The van der Waals surface area contributed by atoms with E-state index < -0.39 is 11.7 Å². The Morgan fingerprint density at radius 3 is 2.79 bits per heavy atom. The summed E-state index contributed by atoms with van der Waals surface area (Å²) in [6.45, 7) is 1.95. The molecule has 33 heavy (non-hydrogen) atoms. The van der Waals surface area contributed by atoms with Crippen molar-refractivity contribution in [3.8, 4) is 0 Å². The summed E-state index contributed by atoms with van der Waals surface area (Å²) in [6.07, 6.45) is 2.09. The zero-order valence-electron chi connectivity index (χ0n) is 18.0. The van der Waals surface area contributed by atoms with Gasteiger partial charge < -0.3 is 10.4 Å². The number of nitrogens with zero attached hydrogens (tertiary/aromatic N) is 1. The maximum Gasteiger partial charge on any atom is 0.274 e. The van der Waals surface area contributed by atoms with Crippen LogP contribution in [0.1, 0.15) is 43.8 Å². The summed E-state index contributed by atoms with van der Waals surface area (Å²) >= 11 is 2.96. The fraction of sp³-hybridized carbons (Fsp3) is 0.208. The van der Waals surface area contributed by atoms with Crippen LogP contribution in [0.3, 0.4) is 0 Å². The van der Waals surface area contributed by atoms with Crippen molar-refractivity contribution >= 4 is 46.1 Å². The Kier molecular flexibility index (Phi) is 9.17. The van der Waals surface area contributed by atoms with E-state index in [2.05, 4.69) is 15.8 Å². The zero-order valence-corrected chi connectivity index (χ0v) is 19.6. The molecule has 0 atom stereocenters. The first-order chi connectivity index (χ1) is 16.0. The van der Waals surface area contributed by atoms with Gasteiger partial charge in [0, 0.05) is 17.9 Å². The number of hydrogen-bond acceptors (Lipinski definition) is 6. The summed E-state index contributed by atoms with van der Waals surface area (Å²) in [4.78, 5) is 25.5. The van der Waals surface area contributed by atoms with Crippen molar-refractivity contribution in [2.75, 3.05) is 17.7 Å². The molecular weight excluding hydrogens is 461 g/mol. The molecule has 0 bridgehead atoms. The number of halogens is 1. The smallest absolute Gasteiger partial charge is 0.274 e. The average Bonchev–Trinajstić information content (AvgIpc) is 3.17. The normalized spacial score (nSPS) is 11.0. The van der Waals surface area contributed by atoms with E-state index in [1.54, 1.807) is 42.3 Å². The van der Waals surface area contributed by atoms with Crippen LogP contribution in [0, 0.1) is 12.7 Å². The van der Waals surface area contributed by atoms with E-state index in [1.807, 2.05) is 18.2 Å². The van der Waals surface area contributed by atoms with Crippen LogP contribution < -0.4 is 10.7 Å². The molecule has 6 nitrogen and oxygen atoms in total. The third-order valence-corrected chi connectivity index (χ3v) is 6.69. The molecule has 0 saturated carbocycles. The predicted molar refractivity (Wildman–Crippen MR) is 133 cm³/mol. The number of nitrogens with one attached hydrogen (secondary N) is 2. The number of rotatable bonds is 10. The minimum atomic E-state index is -0.467. The number of carbonyl (C=O) groups is 2. The summed E-state index contributed by atoms with van der Waals surface area (Å²) in [5.74, 6) is 0.427. The fourth-order valence-corrected chi connectivity index (χ4v) is 4.79. The van der Waals surface area contributed by atoms with E-state index in [0.29, 0.717) is 27.3 Å². The van der Waals surface area contributed by atoms with Crippen molar-refractivity contribution in [3.63, 3.8) is 0 Å². The maximum absolute atomic E-state index is 13.3. The van der Waals surface area contributed by atoms with Crippen molar-refractivity contribution in [3.05, 3.63) is 87.5 Å². The summed E-state index contributed by atoms with van der Waals surface area (Å²) in [7, 11) is 0. The molecule has 0 fully saturated rings. The van der Waals surface area contributed by atoms with Crippen molar-refractivity contribution < 1.29 is 19.1 Å². The molecule has 9 heteroatoms. The molecule has 1 aromatic heterocycles. The summed E-state index contributed by atoms with van der Waals surface area (Å²) in [5, 5.41) is 17.8. The lowest BCUT2D eigenvalue weighted by atomic mass is 10.1. The van der Waals surface area contributed by atoms with Gasteiger partial charge in [0.05, 0.1) is 11.8 Å². The van der Waals surface area contributed by atoms with Crippen LogP contribution >= 0.6 is 23.1 Å². The summed E-state index contributed by atoms with van der Waals surface area (Å²) < 4.78 is 13.3. The van der Waals surface area contributed by atoms with Gasteiger partial charge in [0.25, 0.3) is 11.8 Å². The van der Waals surface area contributed by atoms with E-state index in [4.69, 9.17) is 5.11 Å². The summed E-state index contributed by atoms with van der Waals surface area (Å²) in [5.41, 5.74) is 5.50. The van der Waals surface area contributed by atoms with Crippen LogP contribution in [0.4, 0.5) is 9.39 Å². The Labute approximate surface area is 199 Å². The molecule has 2 amide bonds. The fourth-order valence-electron chi connectivity index (χ4n) is 2.96. The lowest BCUT2D eigenvalue weighted by molar-refractivity contribution is 0.0956. The average molecular weight is 486 g/mol. The third-order valence-electron chi connectivity index (χ3n) is 4.56. The Balaban J connectivity index is 1.65. The van der Waals surface area contributed by atoms with Crippen LogP contribution in [0.2, 0.25) is 0 Å². The summed E-state index contributed by atoms with van der Waals surface area (Å²) in [6, 6.07) is 13.2. The van der Waals surface area contributed by atoms with Gasteiger partial charge in [-0.2, -0.15) is 16.9 Å². The number of aliphatic hydroxyl groups is 1. The Morgan fingerprint density at radius 2 is 2.00 bits per heavy atom. The number of thioether (sulfide) groups is 1. The molecular formula is C24H24FN3O3S2. The highest BCUT2D eigenvalue weighted by atomic mass is 32.2. The predicted octanol–water partition coefficient (Wildman–Crippen LogP) is 4.83. The second kappa shape index (κ2) is 12.3. The van der Waals surface area contributed by atoms with Crippen molar-refractivity contribution in [1.29, 1.82) is 0 Å². The van der Waals surface area contributed by atoms with Gasteiger partial charge >= 0.3 is 0 Å².